The molecule has 144 valence electrons. The van der Waals surface area contributed by atoms with Crippen LogP contribution in [-0.2, 0) is 13.5 Å². The van der Waals surface area contributed by atoms with Crippen molar-refractivity contribution >= 4 is 11.6 Å². The summed E-state index contributed by atoms with van der Waals surface area (Å²) >= 11 is 0. The average Bonchev–Trinajstić information content (AvgIpc) is 2.65. The van der Waals surface area contributed by atoms with Crippen LogP contribution in [0.3, 0.4) is 0 Å². The number of anilines is 1. The van der Waals surface area contributed by atoms with E-state index in [2.05, 4.69) is 30.9 Å². The van der Waals surface area contributed by atoms with Gasteiger partial charge in [0, 0.05) is 44.1 Å². The predicted octanol–water partition coefficient (Wildman–Crippen LogP) is 2.92. The van der Waals surface area contributed by atoms with Crippen molar-refractivity contribution in [3.63, 3.8) is 0 Å². The first-order valence-corrected chi connectivity index (χ1v) is 9.66. The fraction of sp³-hybridized carbons (Fsp3) is 0.455. The van der Waals surface area contributed by atoms with Crippen LogP contribution in [0.4, 0.5) is 5.69 Å². The van der Waals surface area contributed by atoms with Crippen LogP contribution in [0.15, 0.2) is 35.1 Å². The summed E-state index contributed by atoms with van der Waals surface area (Å²) in [4.78, 5) is 30.0. The lowest BCUT2D eigenvalue weighted by Gasteiger charge is -2.41. The van der Waals surface area contributed by atoms with Crippen LogP contribution in [0.5, 0.6) is 0 Å². The van der Waals surface area contributed by atoms with Gasteiger partial charge in [0.2, 0.25) is 0 Å². The molecule has 1 unspecified atom stereocenters. The first-order chi connectivity index (χ1) is 12.8. The lowest BCUT2D eigenvalue weighted by molar-refractivity contribution is 0.0671. The van der Waals surface area contributed by atoms with Crippen LogP contribution < -0.4 is 10.5 Å². The fourth-order valence-corrected chi connectivity index (χ4v) is 4.15. The molecule has 1 aliphatic heterocycles. The van der Waals surface area contributed by atoms with E-state index >= 15 is 0 Å². The number of hydrogen-bond acceptors (Lipinski definition) is 3. The van der Waals surface area contributed by atoms with E-state index in [1.165, 1.54) is 11.3 Å². The second-order valence-electron chi connectivity index (χ2n) is 7.49. The topological polar surface area (TPSA) is 45.6 Å². The van der Waals surface area contributed by atoms with Gasteiger partial charge in [0.25, 0.3) is 11.5 Å². The Kier molecular flexibility index (Phi) is 5.40. The molecule has 2 heterocycles. The second-order valence-corrected chi connectivity index (χ2v) is 7.49. The highest BCUT2D eigenvalue weighted by molar-refractivity contribution is 5.94. The van der Waals surface area contributed by atoms with Crippen LogP contribution in [-0.4, -0.2) is 41.1 Å². The molecule has 0 spiro atoms. The first-order valence-electron chi connectivity index (χ1n) is 9.66. The number of carbonyl (C=O) groups is 1. The normalized spacial score (nSPS) is 17.3. The molecule has 1 amide bonds. The molecule has 1 aromatic carbocycles. The molecule has 1 aromatic heterocycles. The molecule has 1 saturated heterocycles. The minimum absolute atomic E-state index is 0.0433. The zero-order chi connectivity index (χ0) is 19.7. The van der Waals surface area contributed by atoms with Gasteiger partial charge in [-0.05, 0) is 50.5 Å². The maximum absolute atomic E-state index is 13.1. The van der Waals surface area contributed by atoms with Gasteiger partial charge in [-0.1, -0.05) is 25.1 Å². The predicted molar refractivity (Wildman–Crippen MR) is 110 cm³/mol. The van der Waals surface area contributed by atoms with E-state index < -0.39 is 0 Å². The lowest BCUT2D eigenvalue weighted by Crippen LogP contribution is -2.55. The minimum Gasteiger partial charge on any atom is -0.367 e. The number of para-hydroxylation sites is 1. The van der Waals surface area contributed by atoms with Crippen molar-refractivity contribution in [2.45, 2.75) is 40.2 Å². The number of benzene rings is 1. The van der Waals surface area contributed by atoms with Gasteiger partial charge < -0.3 is 14.4 Å². The molecular formula is C22H29N3O2. The van der Waals surface area contributed by atoms with Crippen molar-refractivity contribution in [1.82, 2.24) is 9.47 Å². The van der Waals surface area contributed by atoms with E-state index in [-0.39, 0.29) is 23.1 Å². The number of aryl methyl sites for hydroxylation is 2. The summed E-state index contributed by atoms with van der Waals surface area (Å²) in [6.45, 7) is 10.3. The van der Waals surface area contributed by atoms with Crippen molar-refractivity contribution in [3.8, 4) is 0 Å². The van der Waals surface area contributed by atoms with E-state index in [1.54, 1.807) is 17.7 Å². The summed E-state index contributed by atoms with van der Waals surface area (Å²) in [5.74, 6) is -0.154. The summed E-state index contributed by atoms with van der Waals surface area (Å²) in [6, 6.07) is 10.1. The molecule has 0 radical (unpaired) electrons. The Hall–Kier alpha value is -2.56. The summed E-state index contributed by atoms with van der Waals surface area (Å²) < 4.78 is 1.62. The largest absolute Gasteiger partial charge is 0.367 e. The first kappa shape index (κ1) is 19.2. The van der Waals surface area contributed by atoms with Gasteiger partial charge in [0.15, 0.2) is 0 Å². The molecule has 1 fully saturated rings. The van der Waals surface area contributed by atoms with Crippen LogP contribution in [0.1, 0.15) is 41.0 Å². The van der Waals surface area contributed by atoms with Crippen LogP contribution >= 0.6 is 0 Å². The molecule has 0 aliphatic carbocycles. The molecule has 1 aliphatic rings. The van der Waals surface area contributed by atoms with Crippen molar-refractivity contribution in [1.29, 1.82) is 0 Å². The molecule has 5 nitrogen and oxygen atoms in total. The number of carbonyl (C=O) groups excluding carboxylic acids is 1. The minimum atomic E-state index is -0.198. The van der Waals surface area contributed by atoms with Gasteiger partial charge in [-0.25, -0.2) is 0 Å². The van der Waals surface area contributed by atoms with Gasteiger partial charge in [-0.2, -0.15) is 0 Å². The van der Waals surface area contributed by atoms with E-state index in [1.807, 2.05) is 30.9 Å². The highest BCUT2D eigenvalue weighted by atomic mass is 16.2. The number of nitrogens with zero attached hydrogens (tertiary/aromatic N) is 3. The maximum Gasteiger partial charge on any atom is 0.263 e. The fourth-order valence-electron chi connectivity index (χ4n) is 4.15. The monoisotopic (exact) mass is 367 g/mol. The zero-order valence-electron chi connectivity index (χ0n) is 17.0. The smallest absolute Gasteiger partial charge is 0.263 e. The van der Waals surface area contributed by atoms with E-state index in [0.717, 1.165) is 30.8 Å². The third kappa shape index (κ3) is 3.51. The molecular weight excluding hydrogens is 338 g/mol. The van der Waals surface area contributed by atoms with Crippen LogP contribution in [0, 0.1) is 13.8 Å². The molecule has 0 N–H and O–H groups in total. The summed E-state index contributed by atoms with van der Waals surface area (Å²) in [7, 11) is 1.75. The van der Waals surface area contributed by atoms with Gasteiger partial charge >= 0.3 is 0 Å². The summed E-state index contributed by atoms with van der Waals surface area (Å²) in [5.41, 5.74) is 4.52. The van der Waals surface area contributed by atoms with Crippen LogP contribution in [0.2, 0.25) is 0 Å². The molecule has 27 heavy (non-hydrogen) atoms. The number of pyridine rings is 1. The highest BCUT2D eigenvalue weighted by Gasteiger charge is 2.30. The molecule has 3 rings (SSSR count). The molecule has 1 atom stereocenters. The Labute approximate surface area is 161 Å². The quantitative estimate of drug-likeness (QED) is 0.838. The van der Waals surface area contributed by atoms with Gasteiger partial charge in [-0.15, -0.1) is 0 Å². The van der Waals surface area contributed by atoms with Crippen LogP contribution in [0.25, 0.3) is 0 Å². The van der Waals surface area contributed by atoms with E-state index in [0.29, 0.717) is 6.54 Å². The Bertz CT molecular complexity index is 916. The van der Waals surface area contributed by atoms with Crippen molar-refractivity contribution in [3.05, 3.63) is 63.1 Å². The van der Waals surface area contributed by atoms with E-state index in [9.17, 15) is 9.59 Å². The standard InChI is InChI=1S/C22H29N3O2/c1-6-19-16(3)13-18(21(26)23(19)5)22(27)25-12-11-24(14-17(25)4)20-10-8-7-9-15(20)2/h7-10,13,17H,6,11-12,14H2,1-5H3. The zero-order valence-corrected chi connectivity index (χ0v) is 17.0. The second kappa shape index (κ2) is 7.59. The highest BCUT2D eigenvalue weighted by Crippen LogP contribution is 2.23. The molecule has 0 saturated carbocycles. The number of hydrogen-bond donors (Lipinski definition) is 0. The number of amides is 1. The summed E-state index contributed by atoms with van der Waals surface area (Å²) in [5, 5.41) is 0. The lowest BCUT2D eigenvalue weighted by atomic mass is 10.1. The maximum atomic E-state index is 13.1. The van der Waals surface area contributed by atoms with Gasteiger partial charge in [-0.3, -0.25) is 9.59 Å². The Morgan fingerprint density at radius 1 is 1.15 bits per heavy atom. The number of aromatic nitrogens is 1. The third-order valence-corrected chi connectivity index (χ3v) is 5.67. The Morgan fingerprint density at radius 2 is 1.85 bits per heavy atom. The summed E-state index contributed by atoms with van der Waals surface area (Å²) in [6.07, 6.45) is 0.775. The van der Waals surface area contributed by atoms with Crippen molar-refractivity contribution in [2.24, 2.45) is 7.05 Å². The Morgan fingerprint density at radius 3 is 2.48 bits per heavy atom. The average molecular weight is 367 g/mol. The molecule has 5 heteroatoms. The van der Waals surface area contributed by atoms with Crippen molar-refractivity contribution in [2.75, 3.05) is 24.5 Å². The van der Waals surface area contributed by atoms with Crippen molar-refractivity contribution < 1.29 is 4.79 Å². The van der Waals surface area contributed by atoms with Gasteiger partial charge in [0.05, 0.1) is 0 Å². The number of rotatable bonds is 3. The van der Waals surface area contributed by atoms with E-state index in [4.69, 9.17) is 0 Å². The van der Waals surface area contributed by atoms with Gasteiger partial charge in [0.1, 0.15) is 5.56 Å². The number of piperazine rings is 1. The Balaban J connectivity index is 1.84. The molecule has 2 aromatic rings. The molecule has 0 bridgehead atoms. The third-order valence-electron chi connectivity index (χ3n) is 5.67. The SMILES string of the molecule is CCc1c(C)cc(C(=O)N2CCN(c3ccccc3C)CC2C)c(=O)n1C.